The molecule has 0 aromatic carbocycles. The van der Waals surface area contributed by atoms with Gasteiger partial charge in [0.25, 0.3) is 6.47 Å². The van der Waals surface area contributed by atoms with Gasteiger partial charge in [-0.2, -0.15) is 9.59 Å². The minimum Gasteiger partial charge on any atom is -0.480 e. The van der Waals surface area contributed by atoms with E-state index in [4.69, 9.17) is 34.0 Å². The van der Waals surface area contributed by atoms with Gasteiger partial charge in [0.1, 0.15) is 17.9 Å². The Kier molecular flexibility index (Phi) is 32.0. The Bertz CT molecular complexity index is 1480. The lowest BCUT2D eigenvalue weighted by atomic mass is 9.96. The highest BCUT2D eigenvalue weighted by Crippen LogP contribution is 2.16. The van der Waals surface area contributed by atoms with E-state index >= 15 is 0 Å². The predicted molar refractivity (Wildman–Crippen MR) is 253 cm³/mol. The van der Waals surface area contributed by atoms with E-state index in [2.05, 4.69) is 40.4 Å². The number of aliphatic carboxylic acids is 2. The number of carboxylic acid groups (broad SMARTS) is 2. The van der Waals surface area contributed by atoms with E-state index in [0.29, 0.717) is 91.6 Å². The highest BCUT2D eigenvalue weighted by molar-refractivity contribution is 5.72. The van der Waals surface area contributed by atoms with Crippen LogP contribution in [0.15, 0.2) is 0 Å². The number of carbonyl (C=O) groups is 5. The van der Waals surface area contributed by atoms with E-state index in [0.717, 1.165) is 39.3 Å². The number of esters is 2. The highest BCUT2D eigenvalue weighted by Gasteiger charge is 2.26. The van der Waals surface area contributed by atoms with Crippen molar-refractivity contribution in [1.82, 2.24) is 39.2 Å². The normalized spacial score (nSPS) is 19.5. The second kappa shape index (κ2) is 33.8. The van der Waals surface area contributed by atoms with Gasteiger partial charge in [0.05, 0.1) is 38.4 Å². The second-order valence-corrected chi connectivity index (χ2v) is 20.8. The Morgan fingerprint density at radius 1 is 0.500 bits per heavy atom. The summed E-state index contributed by atoms with van der Waals surface area (Å²) in [5.41, 5.74) is -0.925. The maximum absolute atomic E-state index is 12.7. The SMILES string of the molecule is CC(O)CN1CCN(CC(=O)OC(C)(C)C)CCN(CC(=O)OC(C)(C)C)CCN(CC(C)(C)C)CC1.CC(O)CN1CCN(COC=O)CCN(CC(=O)O)CCN(CC(=O)O)CC1.O=C=O. The van der Waals surface area contributed by atoms with Crippen LogP contribution in [0, 0.1) is 5.41 Å². The molecular formula is C46H88N8O14. The molecule has 2 aliphatic rings. The van der Waals surface area contributed by atoms with Gasteiger partial charge in [-0.3, -0.25) is 58.3 Å². The van der Waals surface area contributed by atoms with Crippen LogP contribution < -0.4 is 0 Å². The third-order valence-electron chi connectivity index (χ3n) is 10.2. The molecule has 0 bridgehead atoms. The van der Waals surface area contributed by atoms with Gasteiger partial charge in [0.2, 0.25) is 0 Å². The Morgan fingerprint density at radius 3 is 1.01 bits per heavy atom. The predicted octanol–water partition coefficient (Wildman–Crippen LogP) is -0.377. The third-order valence-corrected chi connectivity index (χ3v) is 10.2. The average molecular weight is 977 g/mol. The summed E-state index contributed by atoms with van der Waals surface area (Å²) >= 11 is 0. The zero-order valence-corrected chi connectivity index (χ0v) is 43.2. The molecule has 2 heterocycles. The number of rotatable bonds is 16. The van der Waals surface area contributed by atoms with Crippen LogP contribution in [0.25, 0.3) is 0 Å². The second-order valence-electron chi connectivity index (χ2n) is 20.8. The van der Waals surface area contributed by atoms with Gasteiger partial charge in [-0.1, -0.05) is 20.8 Å². The number of carbonyl (C=O) groups excluding carboxylic acids is 5. The topological polar surface area (TPSA) is 254 Å². The van der Waals surface area contributed by atoms with E-state index in [1.807, 2.05) is 58.3 Å². The van der Waals surface area contributed by atoms with Gasteiger partial charge in [-0.15, -0.1) is 0 Å². The first-order chi connectivity index (χ1) is 31.5. The molecule has 0 saturated carbocycles. The van der Waals surface area contributed by atoms with Gasteiger partial charge >= 0.3 is 30.0 Å². The summed E-state index contributed by atoms with van der Waals surface area (Å²) < 4.78 is 16.0. The first-order valence-electron chi connectivity index (χ1n) is 23.6. The minimum absolute atomic E-state index is 0.109. The molecule has 22 nitrogen and oxygen atoms in total. The van der Waals surface area contributed by atoms with Crippen molar-refractivity contribution >= 4 is 36.5 Å². The summed E-state index contributed by atoms with van der Waals surface area (Å²) in [7, 11) is 0. The standard InChI is InChI=1S/C28H56N4O5.C17H32N4O7.CO2/c1-23(33)19-29-11-12-30(20-24(34)36-27(5,6)7)13-14-31(21-25(35)37-28(8,9)10)16-18-32(17-15-29)22-26(2,3)4;1-15(23)10-18-2-3-19(11-16(24)25)4-5-20(12-17(26)27)7-9-21(8-6-18)13-28-14-22;2-1-3/h23,33H,11-22H2,1-10H3;14-15,23H,2-13H2,1H3,(H,24,25)(H,26,27);. The monoisotopic (exact) mass is 977 g/mol. The molecule has 396 valence electrons. The summed E-state index contributed by atoms with van der Waals surface area (Å²) in [5.74, 6) is -2.37. The van der Waals surface area contributed by atoms with E-state index in [1.54, 1.807) is 16.7 Å². The molecule has 2 rings (SSSR count). The van der Waals surface area contributed by atoms with Crippen molar-refractivity contribution in [2.45, 2.75) is 99.6 Å². The van der Waals surface area contributed by atoms with Crippen molar-refractivity contribution in [1.29, 1.82) is 0 Å². The fourth-order valence-corrected chi connectivity index (χ4v) is 7.49. The lowest BCUT2D eigenvalue weighted by molar-refractivity contribution is -0.192. The van der Waals surface area contributed by atoms with E-state index in [9.17, 15) is 34.2 Å². The molecule has 0 aromatic rings. The summed E-state index contributed by atoms with van der Waals surface area (Å²) in [4.78, 5) is 90.9. The van der Waals surface area contributed by atoms with E-state index < -0.39 is 35.3 Å². The van der Waals surface area contributed by atoms with Crippen LogP contribution in [0.4, 0.5) is 0 Å². The summed E-state index contributed by atoms with van der Waals surface area (Å²) in [6.45, 7) is 34.1. The maximum Gasteiger partial charge on any atom is 0.373 e. The van der Waals surface area contributed by atoms with Crippen molar-refractivity contribution < 1.29 is 68.2 Å². The van der Waals surface area contributed by atoms with Crippen LogP contribution in [0.3, 0.4) is 0 Å². The molecule has 2 atom stereocenters. The Labute approximate surface area is 405 Å². The van der Waals surface area contributed by atoms with E-state index in [1.165, 1.54) is 0 Å². The van der Waals surface area contributed by atoms with Crippen LogP contribution >= 0.6 is 0 Å². The number of ether oxygens (including phenoxy) is 3. The van der Waals surface area contributed by atoms with Gasteiger partial charge < -0.3 is 39.5 Å². The quantitative estimate of drug-likeness (QED) is 0.0874. The van der Waals surface area contributed by atoms with Crippen LogP contribution in [-0.2, 0) is 47.8 Å². The number of nitrogens with zero attached hydrogens (tertiary/aromatic N) is 8. The molecule has 22 heteroatoms. The smallest absolute Gasteiger partial charge is 0.373 e. The van der Waals surface area contributed by atoms with E-state index in [-0.39, 0.29) is 56.4 Å². The zero-order chi connectivity index (χ0) is 52.1. The Morgan fingerprint density at radius 2 is 0.765 bits per heavy atom. The third kappa shape index (κ3) is 37.3. The molecule has 2 saturated heterocycles. The number of hydrogen-bond acceptors (Lipinski definition) is 20. The van der Waals surface area contributed by atoms with Crippen LogP contribution in [0.2, 0.25) is 0 Å². The van der Waals surface area contributed by atoms with Crippen LogP contribution in [0.1, 0.15) is 76.2 Å². The van der Waals surface area contributed by atoms with Crippen LogP contribution in [0.5, 0.6) is 0 Å². The molecule has 0 radical (unpaired) electrons. The molecule has 0 spiro atoms. The first kappa shape index (κ1) is 64.3. The van der Waals surface area contributed by atoms with Gasteiger partial charge in [-0.05, 0) is 60.8 Å². The fourth-order valence-electron chi connectivity index (χ4n) is 7.49. The molecule has 2 aliphatic heterocycles. The lowest BCUT2D eigenvalue weighted by Crippen LogP contribution is -2.50. The van der Waals surface area contributed by atoms with Crippen molar-refractivity contribution in [3.63, 3.8) is 0 Å². The number of β-amino-alcohol motifs (C(OH)–C–C–N with tert-alkyl or cyclic N) is 2. The van der Waals surface area contributed by atoms with Crippen molar-refractivity contribution in [3.05, 3.63) is 0 Å². The summed E-state index contributed by atoms with van der Waals surface area (Å²) in [5, 5.41) is 38.1. The molecule has 0 aromatic heterocycles. The fraction of sp³-hybridized carbons (Fsp3) is 0.870. The molecule has 0 aliphatic carbocycles. The number of aliphatic hydroxyl groups is 2. The number of hydrogen-bond donors (Lipinski definition) is 4. The van der Waals surface area contributed by atoms with Gasteiger partial charge in [0, 0.05) is 124 Å². The Balaban J connectivity index is 0.00000129. The van der Waals surface area contributed by atoms with Crippen LogP contribution in [-0.4, -0.2) is 277 Å². The molecule has 4 N–H and O–H groups in total. The summed E-state index contributed by atoms with van der Waals surface area (Å²) in [6.07, 6.45) is -0.695. The lowest BCUT2D eigenvalue weighted by Gasteiger charge is -2.36. The molecule has 2 unspecified atom stereocenters. The largest absolute Gasteiger partial charge is 0.480 e. The number of carboxylic acids is 2. The van der Waals surface area contributed by atoms with Gasteiger partial charge in [-0.25, -0.2) is 0 Å². The highest BCUT2D eigenvalue weighted by atomic mass is 16.6. The first-order valence-corrected chi connectivity index (χ1v) is 23.6. The van der Waals surface area contributed by atoms with Crippen molar-refractivity contribution in [2.75, 3.05) is 157 Å². The molecular weight excluding hydrogens is 889 g/mol. The van der Waals surface area contributed by atoms with Crippen molar-refractivity contribution in [3.8, 4) is 0 Å². The molecule has 0 amide bonds. The zero-order valence-electron chi connectivity index (χ0n) is 43.2. The maximum atomic E-state index is 12.7. The average Bonchev–Trinajstić information content (AvgIpc) is 3.16. The van der Waals surface area contributed by atoms with Gasteiger partial charge in [0.15, 0.2) is 0 Å². The summed E-state index contributed by atoms with van der Waals surface area (Å²) in [6, 6.07) is 0. The van der Waals surface area contributed by atoms with Crippen molar-refractivity contribution in [2.24, 2.45) is 5.41 Å². The number of aliphatic hydroxyl groups excluding tert-OH is 2. The Hall–Kier alpha value is -3.67. The molecule has 68 heavy (non-hydrogen) atoms. The molecule has 2 fully saturated rings. The minimum atomic E-state index is -0.948.